The average Bonchev–Trinajstić information content (AvgIpc) is 2.80. The molecule has 2 aromatic heterocycles. The van der Waals surface area contributed by atoms with Gasteiger partial charge >= 0.3 is 0 Å². The lowest BCUT2D eigenvalue weighted by molar-refractivity contribution is 0.143. The summed E-state index contributed by atoms with van der Waals surface area (Å²) in [5.74, 6) is 0. The molecule has 0 amide bonds. The van der Waals surface area contributed by atoms with Gasteiger partial charge in [0.05, 0.1) is 11.4 Å². The zero-order valence-corrected chi connectivity index (χ0v) is 12.1. The fraction of sp³-hybridized carbons (Fsp3) is 0.250. The first-order valence-corrected chi connectivity index (χ1v) is 6.69. The Morgan fingerprint density at radius 2 is 1.76 bits per heavy atom. The molecule has 0 aliphatic rings. The number of hydrogen-bond donors (Lipinski definition) is 0. The molecule has 3 aromatic rings. The number of rotatable bonds is 2. The number of benzene rings is 1. The summed E-state index contributed by atoms with van der Waals surface area (Å²) in [6, 6.07) is 8.96. The van der Waals surface area contributed by atoms with Gasteiger partial charge in [0.25, 0.3) is 6.43 Å². The van der Waals surface area contributed by atoms with Crippen LogP contribution in [0, 0.1) is 20.8 Å². The molecular formula is C16H15F2N3. The predicted molar refractivity (Wildman–Crippen MR) is 77.6 cm³/mol. The van der Waals surface area contributed by atoms with Gasteiger partial charge in [-0.15, -0.1) is 0 Å². The normalized spacial score (nSPS) is 11.5. The maximum atomic E-state index is 13.3. The summed E-state index contributed by atoms with van der Waals surface area (Å²) in [4.78, 5) is 4.45. The van der Waals surface area contributed by atoms with E-state index in [1.807, 2.05) is 32.0 Å². The maximum Gasteiger partial charge on any atom is 0.280 e. The highest BCUT2D eigenvalue weighted by molar-refractivity contribution is 5.64. The van der Waals surface area contributed by atoms with Crippen LogP contribution in [0.25, 0.3) is 16.9 Å². The second-order valence-corrected chi connectivity index (χ2v) is 5.22. The molecule has 0 radical (unpaired) electrons. The summed E-state index contributed by atoms with van der Waals surface area (Å²) in [6.07, 6.45) is -2.60. The third-order valence-corrected chi connectivity index (χ3v) is 3.60. The topological polar surface area (TPSA) is 30.2 Å². The van der Waals surface area contributed by atoms with Gasteiger partial charge in [0.1, 0.15) is 5.69 Å². The van der Waals surface area contributed by atoms with Gasteiger partial charge in [-0.05, 0) is 44.0 Å². The van der Waals surface area contributed by atoms with Crippen LogP contribution < -0.4 is 0 Å². The molecule has 0 saturated carbocycles. The van der Waals surface area contributed by atoms with Crippen LogP contribution in [0.2, 0.25) is 0 Å². The van der Waals surface area contributed by atoms with Crippen LogP contribution >= 0.6 is 0 Å². The van der Waals surface area contributed by atoms with Crippen molar-refractivity contribution in [2.24, 2.45) is 0 Å². The molecule has 0 aliphatic heterocycles. The van der Waals surface area contributed by atoms with Crippen LogP contribution in [0.1, 0.15) is 28.9 Å². The van der Waals surface area contributed by atoms with Gasteiger partial charge in [0, 0.05) is 11.6 Å². The molecule has 0 unspecified atom stereocenters. The molecule has 0 aliphatic carbocycles. The highest BCUT2D eigenvalue weighted by Gasteiger charge is 2.16. The number of nitrogens with zero attached hydrogens (tertiary/aromatic N) is 3. The van der Waals surface area contributed by atoms with Crippen LogP contribution in [0.4, 0.5) is 8.78 Å². The number of aryl methyl sites for hydroxylation is 3. The summed E-state index contributed by atoms with van der Waals surface area (Å²) >= 11 is 0. The molecule has 2 heterocycles. The zero-order valence-electron chi connectivity index (χ0n) is 12.1. The second kappa shape index (κ2) is 4.91. The smallest absolute Gasteiger partial charge is 0.229 e. The van der Waals surface area contributed by atoms with Gasteiger partial charge in [-0.2, -0.15) is 5.10 Å². The van der Waals surface area contributed by atoms with E-state index in [1.54, 1.807) is 13.0 Å². The molecule has 0 spiro atoms. The van der Waals surface area contributed by atoms with E-state index in [0.717, 1.165) is 16.7 Å². The van der Waals surface area contributed by atoms with Crippen molar-refractivity contribution in [3.63, 3.8) is 0 Å². The standard InChI is InChI=1S/C16H15F2N3/c1-9-4-5-12(6-10(9)2)13-8-14(16(17)18)21-15(19-13)7-11(3)20-21/h4-8,16H,1-3H3. The van der Waals surface area contributed by atoms with E-state index in [2.05, 4.69) is 10.1 Å². The Bertz CT molecular complexity index is 822. The summed E-state index contributed by atoms with van der Waals surface area (Å²) < 4.78 is 27.7. The molecule has 0 fully saturated rings. The molecule has 1 aromatic carbocycles. The van der Waals surface area contributed by atoms with E-state index in [1.165, 1.54) is 10.6 Å². The quantitative estimate of drug-likeness (QED) is 0.705. The Kier molecular flexibility index (Phi) is 3.20. The van der Waals surface area contributed by atoms with Crippen LogP contribution in [0.15, 0.2) is 30.3 Å². The number of aromatic nitrogens is 3. The lowest BCUT2D eigenvalue weighted by atomic mass is 10.0. The van der Waals surface area contributed by atoms with E-state index >= 15 is 0 Å². The summed E-state index contributed by atoms with van der Waals surface area (Å²) in [5.41, 5.74) is 4.62. The number of halogens is 2. The zero-order chi connectivity index (χ0) is 15.1. The van der Waals surface area contributed by atoms with Crippen molar-refractivity contribution in [2.75, 3.05) is 0 Å². The molecule has 0 bridgehead atoms. The third kappa shape index (κ3) is 2.39. The average molecular weight is 287 g/mol. The third-order valence-electron chi connectivity index (χ3n) is 3.60. The Morgan fingerprint density at radius 3 is 2.43 bits per heavy atom. The van der Waals surface area contributed by atoms with Crippen molar-refractivity contribution in [2.45, 2.75) is 27.2 Å². The molecule has 108 valence electrons. The van der Waals surface area contributed by atoms with Crippen molar-refractivity contribution < 1.29 is 8.78 Å². The molecule has 21 heavy (non-hydrogen) atoms. The fourth-order valence-electron chi connectivity index (χ4n) is 2.32. The Labute approximate surface area is 121 Å². The van der Waals surface area contributed by atoms with Gasteiger partial charge in [-0.1, -0.05) is 12.1 Å². The molecule has 0 atom stereocenters. The van der Waals surface area contributed by atoms with Crippen LogP contribution in [-0.4, -0.2) is 14.6 Å². The van der Waals surface area contributed by atoms with Crippen molar-refractivity contribution in [3.8, 4) is 11.3 Å². The highest BCUT2D eigenvalue weighted by atomic mass is 19.3. The largest absolute Gasteiger partial charge is 0.280 e. The van der Waals surface area contributed by atoms with Crippen molar-refractivity contribution >= 4 is 5.65 Å². The molecule has 0 N–H and O–H groups in total. The Morgan fingerprint density at radius 1 is 1.00 bits per heavy atom. The molecule has 3 nitrogen and oxygen atoms in total. The first kappa shape index (κ1) is 13.7. The molecule has 5 heteroatoms. The molecular weight excluding hydrogens is 272 g/mol. The minimum atomic E-state index is -2.60. The minimum absolute atomic E-state index is 0.138. The molecule has 3 rings (SSSR count). The monoisotopic (exact) mass is 287 g/mol. The SMILES string of the molecule is Cc1cc2nc(-c3ccc(C)c(C)c3)cc(C(F)F)n2n1. The number of alkyl halides is 2. The lowest BCUT2D eigenvalue weighted by Gasteiger charge is -2.09. The predicted octanol–water partition coefficient (Wildman–Crippen LogP) is 4.26. The van der Waals surface area contributed by atoms with Gasteiger partial charge in [-0.25, -0.2) is 18.3 Å². The first-order chi connectivity index (χ1) is 9.95. The van der Waals surface area contributed by atoms with Gasteiger partial charge in [0.2, 0.25) is 0 Å². The van der Waals surface area contributed by atoms with Gasteiger partial charge < -0.3 is 0 Å². The van der Waals surface area contributed by atoms with Crippen molar-refractivity contribution in [1.29, 1.82) is 0 Å². The summed E-state index contributed by atoms with van der Waals surface area (Å²) in [6.45, 7) is 5.77. The minimum Gasteiger partial charge on any atom is -0.229 e. The van der Waals surface area contributed by atoms with E-state index in [-0.39, 0.29) is 5.69 Å². The summed E-state index contributed by atoms with van der Waals surface area (Å²) in [5, 5.41) is 4.07. The van der Waals surface area contributed by atoms with E-state index in [9.17, 15) is 8.78 Å². The van der Waals surface area contributed by atoms with E-state index in [0.29, 0.717) is 17.0 Å². The molecule has 0 saturated heterocycles. The maximum absolute atomic E-state index is 13.3. The van der Waals surface area contributed by atoms with Gasteiger partial charge in [-0.3, -0.25) is 0 Å². The van der Waals surface area contributed by atoms with E-state index < -0.39 is 6.43 Å². The summed E-state index contributed by atoms with van der Waals surface area (Å²) in [7, 11) is 0. The second-order valence-electron chi connectivity index (χ2n) is 5.22. The first-order valence-electron chi connectivity index (χ1n) is 6.69. The fourth-order valence-corrected chi connectivity index (χ4v) is 2.32. The van der Waals surface area contributed by atoms with Crippen molar-refractivity contribution in [1.82, 2.24) is 14.6 Å². The van der Waals surface area contributed by atoms with Gasteiger partial charge in [0.15, 0.2) is 5.65 Å². The lowest BCUT2D eigenvalue weighted by Crippen LogP contribution is -2.02. The van der Waals surface area contributed by atoms with E-state index in [4.69, 9.17) is 0 Å². The Balaban J connectivity index is 2.25. The van der Waals surface area contributed by atoms with Crippen LogP contribution in [-0.2, 0) is 0 Å². The Hall–Kier alpha value is -2.30. The van der Waals surface area contributed by atoms with Crippen LogP contribution in [0.5, 0.6) is 0 Å². The van der Waals surface area contributed by atoms with Crippen LogP contribution in [0.3, 0.4) is 0 Å². The number of hydrogen-bond acceptors (Lipinski definition) is 2. The van der Waals surface area contributed by atoms with Crippen molar-refractivity contribution in [3.05, 3.63) is 52.8 Å². The highest BCUT2D eigenvalue weighted by Crippen LogP contribution is 2.27. The number of fused-ring (bicyclic) bond motifs is 1.